The molecule has 29 heavy (non-hydrogen) atoms. The number of anilines is 1. The fraction of sp³-hybridized carbons (Fsp3) is 0.316. The molecule has 0 spiro atoms. The molecule has 1 aliphatic rings. The number of amides is 1. The first kappa shape index (κ1) is 21.3. The molecule has 1 amide bonds. The summed E-state index contributed by atoms with van der Waals surface area (Å²) in [6.07, 6.45) is 0. The number of nitrogens with one attached hydrogen (secondary N) is 1. The van der Waals surface area contributed by atoms with Crippen LogP contribution in [0.15, 0.2) is 36.4 Å². The van der Waals surface area contributed by atoms with Crippen LogP contribution in [0.1, 0.15) is 22.8 Å². The van der Waals surface area contributed by atoms with Crippen LogP contribution in [-0.4, -0.2) is 50.1 Å². The van der Waals surface area contributed by atoms with E-state index in [-0.39, 0.29) is 24.1 Å². The van der Waals surface area contributed by atoms with Crippen LogP contribution >= 0.6 is 0 Å². The molecular formula is C19H20F3N3O3S. The van der Waals surface area contributed by atoms with E-state index in [1.165, 1.54) is 12.1 Å². The molecule has 2 aromatic rings. The summed E-state index contributed by atoms with van der Waals surface area (Å²) in [5, 5.41) is 0. The molecule has 1 heterocycles. The predicted molar refractivity (Wildman–Crippen MR) is 103 cm³/mol. The van der Waals surface area contributed by atoms with Gasteiger partial charge in [-0.3, -0.25) is 19.0 Å². The Morgan fingerprint density at radius 3 is 2.41 bits per heavy atom. The maximum Gasteiger partial charge on any atom is 0.259 e. The standard InChI is InChI=1S/C19H20F3N3O3S/c1-12-10-24(11-15-16(20)6-7-17(21)18(15)22)8-9-25(12)19(26)13-2-4-14(5-3-13)23-29(27)28/h2-7,12,23H,8-11H2,1H3,(H,27,28)/t12-/m0/s1. The Labute approximate surface area is 168 Å². The maximum absolute atomic E-state index is 13.9. The molecular weight excluding hydrogens is 407 g/mol. The molecule has 0 radical (unpaired) electrons. The highest BCUT2D eigenvalue weighted by Crippen LogP contribution is 2.21. The first-order valence-electron chi connectivity index (χ1n) is 8.89. The lowest BCUT2D eigenvalue weighted by Gasteiger charge is -2.40. The molecule has 1 aliphatic heterocycles. The van der Waals surface area contributed by atoms with Crippen molar-refractivity contribution in [1.82, 2.24) is 9.80 Å². The topological polar surface area (TPSA) is 72.9 Å². The zero-order chi connectivity index (χ0) is 21.1. The van der Waals surface area contributed by atoms with Crippen LogP contribution in [0, 0.1) is 17.5 Å². The van der Waals surface area contributed by atoms with Crippen molar-refractivity contribution < 1.29 is 26.7 Å². The van der Waals surface area contributed by atoms with Crippen molar-refractivity contribution in [3.63, 3.8) is 0 Å². The van der Waals surface area contributed by atoms with Gasteiger partial charge in [0.05, 0.1) is 0 Å². The fourth-order valence-electron chi connectivity index (χ4n) is 3.36. The largest absolute Gasteiger partial charge is 0.333 e. The smallest absolute Gasteiger partial charge is 0.259 e. The summed E-state index contributed by atoms with van der Waals surface area (Å²) >= 11 is -2.20. The van der Waals surface area contributed by atoms with Crippen molar-refractivity contribution >= 4 is 22.9 Å². The SMILES string of the molecule is C[C@H]1CN(Cc2c(F)ccc(F)c2F)CCN1C(=O)c1ccc(NS(=O)O)cc1. The van der Waals surface area contributed by atoms with Crippen molar-refractivity contribution in [3.05, 3.63) is 65.0 Å². The van der Waals surface area contributed by atoms with Gasteiger partial charge >= 0.3 is 0 Å². The number of benzene rings is 2. The summed E-state index contributed by atoms with van der Waals surface area (Å²) in [4.78, 5) is 16.2. The summed E-state index contributed by atoms with van der Waals surface area (Å²) in [7, 11) is 0. The van der Waals surface area contributed by atoms with E-state index in [1.54, 1.807) is 21.9 Å². The van der Waals surface area contributed by atoms with E-state index in [0.29, 0.717) is 30.9 Å². The molecule has 1 fully saturated rings. The van der Waals surface area contributed by atoms with E-state index >= 15 is 0 Å². The van der Waals surface area contributed by atoms with Crippen LogP contribution in [-0.2, 0) is 17.8 Å². The summed E-state index contributed by atoms with van der Waals surface area (Å²) in [5.74, 6) is -3.29. The number of halogens is 3. The number of piperazine rings is 1. The number of carbonyl (C=O) groups is 1. The Morgan fingerprint density at radius 2 is 1.79 bits per heavy atom. The van der Waals surface area contributed by atoms with Gasteiger partial charge in [0.2, 0.25) is 0 Å². The highest BCUT2D eigenvalue weighted by Gasteiger charge is 2.29. The third-order valence-corrected chi connectivity index (χ3v) is 5.24. The molecule has 3 rings (SSSR count). The van der Waals surface area contributed by atoms with E-state index in [0.717, 1.165) is 12.1 Å². The third-order valence-electron chi connectivity index (χ3n) is 4.83. The van der Waals surface area contributed by atoms with Crippen molar-refractivity contribution in [3.8, 4) is 0 Å². The molecule has 2 atom stereocenters. The van der Waals surface area contributed by atoms with Crippen LogP contribution in [0.5, 0.6) is 0 Å². The Morgan fingerprint density at radius 1 is 1.14 bits per heavy atom. The third kappa shape index (κ3) is 4.95. The van der Waals surface area contributed by atoms with Crippen molar-refractivity contribution in [2.24, 2.45) is 0 Å². The van der Waals surface area contributed by atoms with Crippen LogP contribution in [0.25, 0.3) is 0 Å². The Kier molecular flexibility index (Phi) is 6.56. The molecule has 0 bridgehead atoms. The van der Waals surface area contributed by atoms with Gasteiger partial charge < -0.3 is 4.90 Å². The lowest BCUT2D eigenvalue weighted by molar-refractivity contribution is 0.0470. The van der Waals surface area contributed by atoms with E-state index in [4.69, 9.17) is 4.55 Å². The Hall–Kier alpha value is -2.43. The fourth-order valence-corrected chi connectivity index (χ4v) is 3.70. The molecule has 10 heteroatoms. The summed E-state index contributed by atoms with van der Waals surface area (Å²) in [6.45, 7) is 2.85. The summed E-state index contributed by atoms with van der Waals surface area (Å²) < 4.78 is 63.1. The van der Waals surface area contributed by atoms with Gasteiger partial charge in [0.25, 0.3) is 17.2 Å². The average Bonchev–Trinajstić information content (AvgIpc) is 2.68. The minimum absolute atomic E-state index is 0.0829. The molecule has 2 N–H and O–H groups in total. The number of nitrogens with zero attached hydrogens (tertiary/aromatic N) is 2. The van der Waals surface area contributed by atoms with Gasteiger partial charge in [-0.25, -0.2) is 17.4 Å². The van der Waals surface area contributed by atoms with Crippen molar-refractivity contribution in [1.29, 1.82) is 0 Å². The number of rotatable bonds is 5. The van der Waals surface area contributed by atoms with Gasteiger partial charge in [0.15, 0.2) is 11.6 Å². The summed E-state index contributed by atoms with van der Waals surface area (Å²) in [5.41, 5.74) is 0.502. The van der Waals surface area contributed by atoms with E-state index in [9.17, 15) is 22.2 Å². The van der Waals surface area contributed by atoms with Gasteiger partial charge in [-0.1, -0.05) is 0 Å². The average molecular weight is 427 g/mol. The highest BCUT2D eigenvalue weighted by atomic mass is 32.2. The predicted octanol–water partition coefficient (Wildman–Crippen LogP) is 3.00. The lowest BCUT2D eigenvalue weighted by Crippen LogP contribution is -2.53. The first-order chi connectivity index (χ1) is 13.8. The second kappa shape index (κ2) is 8.93. The zero-order valence-electron chi connectivity index (χ0n) is 15.6. The van der Waals surface area contributed by atoms with Gasteiger partial charge in [0.1, 0.15) is 5.82 Å². The quantitative estimate of drug-likeness (QED) is 0.569. The molecule has 6 nitrogen and oxygen atoms in total. The van der Waals surface area contributed by atoms with Crippen molar-refractivity contribution in [2.75, 3.05) is 24.4 Å². The number of carbonyl (C=O) groups excluding carboxylic acids is 1. The molecule has 0 saturated carbocycles. The van der Waals surface area contributed by atoms with Gasteiger partial charge in [-0.2, -0.15) is 0 Å². The normalized spacial score (nSPS) is 18.5. The number of hydrogen-bond donors (Lipinski definition) is 2. The molecule has 2 aromatic carbocycles. The van der Waals surface area contributed by atoms with E-state index in [2.05, 4.69) is 4.72 Å². The second-order valence-electron chi connectivity index (χ2n) is 6.83. The number of hydrogen-bond acceptors (Lipinski definition) is 3. The van der Waals surface area contributed by atoms with E-state index < -0.39 is 28.7 Å². The van der Waals surface area contributed by atoms with Crippen molar-refractivity contribution in [2.45, 2.75) is 19.5 Å². The first-order valence-corrected chi connectivity index (χ1v) is 10.00. The zero-order valence-corrected chi connectivity index (χ0v) is 16.4. The van der Waals surface area contributed by atoms with E-state index in [1.807, 2.05) is 6.92 Å². The summed E-state index contributed by atoms with van der Waals surface area (Å²) in [6, 6.07) is 7.59. The molecule has 1 unspecified atom stereocenters. The van der Waals surface area contributed by atoms with Crippen LogP contribution in [0.4, 0.5) is 18.9 Å². The van der Waals surface area contributed by atoms with Crippen LogP contribution in [0.2, 0.25) is 0 Å². The lowest BCUT2D eigenvalue weighted by atomic mass is 10.1. The van der Waals surface area contributed by atoms with Crippen LogP contribution in [0.3, 0.4) is 0 Å². The monoisotopic (exact) mass is 427 g/mol. The molecule has 156 valence electrons. The maximum atomic E-state index is 13.9. The molecule has 1 saturated heterocycles. The van der Waals surface area contributed by atoms with Gasteiger partial charge in [-0.15, -0.1) is 0 Å². The van der Waals surface area contributed by atoms with Gasteiger partial charge in [-0.05, 0) is 43.3 Å². The Balaban J connectivity index is 1.65. The minimum atomic E-state index is -2.20. The Bertz CT molecular complexity index is 927. The van der Waals surface area contributed by atoms with Crippen LogP contribution < -0.4 is 4.72 Å². The van der Waals surface area contributed by atoms with Gasteiger partial charge in [0, 0.05) is 49.0 Å². The molecule has 0 aromatic heterocycles. The highest BCUT2D eigenvalue weighted by molar-refractivity contribution is 7.80. The second-order valence-corrected chi connectivity index (χ2v) is 7.54. The molecule has 0 aliphatic carbocycles. The minimum Gasteiger partial charge on any atom is -0.333 e.